The van der Waals surface area contributed by atoms with Crippen molar-refractivity contribution in [2.45, 2.75) is 26.2 Å². The van der Waals surface area contributed by atoms with Crippen molar-refractivity contribution in [2.75, 3.05) is 26.2 Å². The maximum Gasteiger partial charge on any atom is 0.191 e. The summed E-state index contributed by atoms with van der Waals surface area (Å²) in [6, 6.07) is 8.02. The lowest BCUT2D eigenvalue weighted by molar-refractivity contribution is 0.320. The highest BCUT2D eigenvalue weighted by Crippen LogP contribution is 2.27. The van der Waals surface area contributed by atoms with E-state index in [1.807, 2.05) is 12.1 Å². The van der Waals surface area contributed by atoms with E-state index < -0.39 is 0 Å². The minimum Gasteiger partial charge on any atom is -0.490 e. The Hall–Kier alpha value is -1.35. The van der Waals surface area contributed by atoms with Crippen LogP contribution in [-0.2, 0) is 5.41 Å². The molecule has 5 nitrogen and oxygen atoms in total. The van der Waals surface area contributed by atoms with Crippen molar-refractivity contribution in [3.05, 3.63) is 46.9 Å². The molecule has 0 amide bonds. The molecule has 0 aliphatic heterocycles. The van der Waals surface area contributed by atoms with Gasteiger partial charge in [0, 0.05) is 23.0 Å². The quantitative estimate of drug-likeness (QED) is 0.265. The first-order valence-corrected chi connectivity index (χ1v) is 9.09. The van der Waals surface area contributed by atoms with Gasteiger partial charge in [-0.1, -0.05) is 19.9 Å². The van der Waals surface area contributed by atoms with Gasteiger partial charge in [-0.2, -0.15) is 0 Å². The van der Waals surface area contributed by atoms with E-state index in [9.17, 15) is 0 Å². The lowest BCUT2D eigenvalue weighted by Crippen LogP contribution is -2.40. The van der Waals surface area contributed by atoms with Crippen LogP contribution in [0, 0.1) is 0 Å². The van der Waals surface area contributed by atoms with E-state index in [4.69, 9.17) is 9.73 Å². The van der Waals surface area contributed by atoms with E-state index >= 15 is 0 Å². The number of thiophene rings is 1. The molecular formula is C18H27IN4OS. The molecule has 2 heterocycles. The van der Waals surface area contributed by atoms with Gasteiger partial charge in [0.05, 0.1) is 19.3 Å². The molecule has 0 aromatic carbocycles. The third kappa shape index (κ3) is 7.60. The van der Waals surface area contributed by atoms with Gasteiger partial charge in [0.25, 0.3) is 0 Å². The van der Waals surface area contributed by atoms with Crippen molar-refractivity contribution in [1.29, 1.82) is 0 Å². The van der Waals surface area contributed by atoms with Crippen LogP contribution >= 0.6 is 35.3 Å². The number of nitrogens with zero attached hydrogens (tertiary/aromatic N) is 2. The highest BCUT2D eigenvalue weighted by Gasteiger charge is 2.21. The molecule has 0 unspecified atom stereocenters. The number of rotatable bonds is 8. The predicted octanol–water partition coefficient (Wildman–Crippen LogP) is 3.67. The van der Waals surface area contributed by atoms with E-state index in [0.29, 0.717) is 13.2 Å². The van der Waals surface area contributed by atoms with Crippen molar-refractivity contribution >= 4 is 41.3 Å². The van der Waals surface area contributed by atoms with Crippen molar-refractivity contribution in [3.63, 3.8) is 0 Å². The molecule has 2 N–H and O–H groups in total. The number of ether oxygens (including phenoxy) is 1. The van der Waals surface area contributed by atoms with Crippen molar-refractivity contribution in [3.8, 4) is 5.75 Å². The molecule has 2 aromatic heterocycles. The second-order valence-electron chi connectivity index (χ2n) is 6.02. The van der Waals surface area contributed by atoms with E-state index in [-0.39, 0.29) is 29.4 Å². The zero-order valence-corrected chi connectivity index (χ0v) is 18.1. The van der Waals surface area contributed by atoms with Gasteiger partial charge in [-0.25, -0.2) is 0 Å². The van der Waals surface area contributed by atoms with Gasteiger partial charge in [-0.3, -0.25) is 9.98 Å². The summed E-state index contributed by atoms with van der Waals surface area (Å²) in [7, 11) is 0. The molecule has 0 aliphatic carbocycles. The number of aromatic nitrogens is 1. The molecule has 0 saturated carbocycles. The third-order valence-electron chi connectivity index (χ3n) is 3.46. The first kappa shape index (κ1) is 21.7. The van der Waals surface area contributed by atoms with Gasteiger partial charge in [-0.15, -0.1) is 35.3 Å². The smallest absolute Gasteiger partial charge is 0.191 e. The fourth-order valence-electron chi connectivity index (χ4n) is 2.13. The second-order valence-corrected chi connectivity index (χ2v) is 6.97. The first-order chi connectivity index (χ1) is 11.6. The van der Waals surface area contributed by atoms with Gasteiger partial charge >= 0.3 is 0 Å². The summed E-state index contributed by atoms with van der Waals surface area (Å²) in [5, 5.41) is 8.69. The topological polar surface area (TPSA) is 58.5 Å². The molecule has 2 aromatic rings. The summed E-state index contributed by atoms with van der Waals surface area (Å²) in [5.41, 5.74) is 0.0305. The van der Waals surface area contributed by atoms with E-state index in [1.165, 1.54) is 4.88 Å². The van der Waals surface area contributed by atoms with Crippen LogP contribution in [0.1, 0.15) is 25.6 Å². The molecule has 0 fully saturated rings. The Bertz CT molecular complexity index is 617. The fraction of sp³-hybridized carbons (Fsp3) is 0.444. The fourth-order valence-corrected chi connectivity index (χ4v) is 2.98. The Balaban J connectivity index is 0.00000312. The van der Waals surface area contributed by atoms with Crippen molar-refractivity contribution in [1.82, 2.24) is 15.6 Å². The Morgan fingerprint density at radius 3 is 2.76 bits per heavy atom. The zero-order valence-electron chi connectivity index (χ0n) is 15.0. The van der Waals surface area contributed by atoms with Gasteiger partial charge in [0.2, 0.25) is 0 Å². The lowest BCUT2D eigenvalue weighted by Gasteiger charge is -2.21. The number of guanidine groups is 1. The van der Waals surface area contributed by atoms with E-state index in [1.54, 1.807) is 23.7 Å². The molecule has 0 saturated heterocycles. The molecule has 0 aliphatic rings. The predicted molar refractivity (Wildman–Crippen MR) is 116 cm³/mol. The summed E-state index contributed by atoms with van der Waals surface area (Å²) in [6.07, 6.45) is 3.44. The zero-order chi connectivity index (χ0) is 17.3. The Kier molecular flexibility index (Phi) is 9.81. The van der Waals surface area contributed by atoms with Crippen LogP contribution < -0.4 is 15.4 Å². The highest BCUT2D eigenvalue weighted by molar-refractivity contribution is 14.0. The number of hydrogen-bond donors (Lipinski definition) is 2. The average Bonchev–Trinajstić information content (AvgIpc) is 3.13. The number of pyridine rings is 1. The normalized spacial score (nSPS) is 11.6. The third-order valence-corrected chi connectivity index (χ3v) is 4.70. The van der Waals surface area contributed by atoms with Gasteiger partial charge in [-0.05, 0) is 30.5 Å². The minimum absolute atomic E-state index is 0. The molecule has 25 heavy (non-hydrogen) atoms. The van der Waals surface area contributed by atoms with E-state index in [2.05, 4.69) is 53.9 Å². The molecule has 0 radical (unpaired) electrons. The van der Waals surface area contributed by atoms with Crippen molar-refractivity contribution < 1.29 is 4.74 Å². The molecule has 7 heteroatoms. The summed E-state index contributed by atoms with van der Waals surface area (Å²) >= 11 is 1.78. The summed E-state index contributed by atoms with van der Waals surface area (Å²) in [5.74, 6) is 1.59. The largest absolute Gasteiger partial charge is 0.490 e. The molecule has 138 valence electrons. The van der Waals surface area contributed by atoms with Crippen LogP contribution in [-0.4, -0.2) is 37.2 Å². The monoisotopic (exact) mass is 474 g/mol. The Labute approximate surface area is 171 Å². The average molecular weight is 474 g/mol. The maximum atomic E-state index is 5.63. The molecule has 0 spiro atoms. The number of aliphatic imine (C=N–C) groups is 1. The Morgan fingerprint density at radius 1 is 1.28 bits per heavy atom. The number of halogens is 1. The van der Waals surface area contributed by atoms with Crippen LogP contribution in [0.4, 0.5) is 0 Å². The summed E-state index contributed by atoms with van der Waals surface area (Å²) in [4.78, 5) is 10.1. The van der Waals surface area contributed by atoms with Gasteiger partial charge in [0.15, 0.2) is 5.96 Å². The van der Waals surface area contributed by atoms with Crippen LogP contribution in [0.2, 0.25) is 0 Å². The standard InChI is InChI=1S/C18H26N4OS.HI/c1-4-20-17(21-10-11-23-15-7-5-9-19-13-15)22-14-18(2,3)16-8-6-12-24-16;/h5-9,12-13H,4,10-11,14H2,1-3H3,(H2,20,21,22);1H. The first-order valence-electron chi connectivity index (χ1n) is 8.21. The number of hydrogen-bond acceptors (Lipinski definition) is 4. The summed E-state index contributed by atoms with van der Waals surface area (Å²) < 4.78 is 5.63. The van der Waals surface area contributed by atoms with Crippen molar-refractivity contribution in [2.24, 2.45) is 4.99 Å². The second kappa shape index (κ2) is 11.3. The molecule has 0 atom stereocenters. The number of nitrogens with one attached hydrogen (secondary N) is 2. The molecular weight excluding hydrogens is 447 g/mol. The summed E-state index contributed by atoms with van der Waals surface area (Å²) in [6.45, 7) is 9.30. The maximum absolute atomic E-state index is 5.63. The molecule has 2 rings (SSSR count). The van der Waals surface area contributed by atoms with Gasteiger partial charge in [0.1, 0.15) is 12.4 Å². The Morgan fingerprint density at radius 2 is 2.12 bits per heavy atom. The van der Waals surface area contributed by atoms with E-state index in [0.717, 1.165) is 24.8 Å². The SMILES string of the molecule is CCNC(=NCC(C)(C)c1cccs1)NCCOc1cccnc1.I. The van der Waals surface area contributed by atoms with Crippen LogP contribution in [0.15, 0.2) is 47.0 Å². The van der Waals surface area contributed by atoms with Gasteiger partial charge < -0.3 is 15.4 Å². The van der Waals surface area contributed by atoms with Crippen LogP contribution in [0.3, 0.4) is 0 Å². The van der Waals surface area contributed by atoms with Crippen LogP contribution in [0.5, 0.6) is 5.75 Å². The minimum atomic E-state index is 0. The molecule has 0 bridgehead atoms. The lowest BCUT2D eigenvalue weighted by atomic mass is 9.92. The van der Waals surface area contributed by atoms with Crippen LogP contribution in [0.25, 0.3) is 0 Å². The highest BCUT2D eigenvalue weighted by atomic mass is 127.